The van der Waals surface area contributed by atoms with E-state index in [0.717, 1.165) is 48.8 Å². The monoisotopic (exact) mass is 459 g/mol. The Morgan fingerprint density at radius 2 is 1.45 bits per heavy atom. The van der Waals surface area contributed by atoms with Gasteiger partial charge < -0.3 is 0 Å². The van der Waals surface area contributed by atoms with Gasteiger partial charge in [-0.1, -0.05) is 54.6 Å². The molecule has 0 atom stereocenters. The number of hydrazone groups is 1. The fourth-order valence-electron chi connectivity index (χ4n) is 4.02. The van der Waals surface area contributed by atoms with E-state index in [1.807, 2.05) is 68.4 Å². The summed E-state index contributed by atoms with van der Waals surface area (Å²) in [7, 11) is -3.66. The second-order valence-electron chi connectivity index (χ2n) is 8.14. The summed E-state index contributed by atoms with van der Waals surface area (Å²) in [5, 5.41) is 8.33. The highest BCUT2D eigenvalue weighted by atomic mass is 32.2. The first kappa shape index (κ1) is 22.5. The zero-order valence-electron chi connectivity index (χ0n) is 18.7. The molecule has 0 radical (unpaired) electrons. The standard InChI is InChI=1S/C26H25N3O3S/c1-18-12-19(2)14-22(13-18)29(33(3,31)32)17-26(30)28-27-16-25-23-10-6-4-8-20(23)15-21-9-5-7-11-24(21)25/h4-16H,17H2,1-3H3,(H,28,30)/b27-16-. The third-order valence-corrected chi connectivity index (χ3v) is 6.52. The van der Waals surface area contributed by atoms with E-state index in [1.165, 1.54) is 0 Å². The quantitative estimate of drug-likeness (QED) is 0.261. The molecule has 0 aliphatic rings. The van der Waals surface area contributed by atoms with Crippen LogP contribution in [-0.4, -0.2) is 33.3 Å². The third-order valence-electron chi connectivity index (χ3n) is 5.38. The van der Waals surface area contributed by atoms with Gasteiger partial charge in [-0.15, -0.1) is 0 Å². The molecule has 0 aliphatic carbocycles. The molecule has 4 rings (SSSR count). The number of rotatable bonds is 6. The van der Waals surface area contributed by atoms with Crippen LogP contribution in [0.15, 0.2) is 77.9 Å². The van der Waals surface area contributed by atoms with Crippen LogP contribution in [0.1, 0.15) is 16.7 Å². The van der Waals surface area contributed by atoms with Gasteiger partial charge in [0.25, 0.3) is 5.91 Å². The molecule has 1 N–H and O–H groups in total. The van der Waals surface area contributed by atoms with Crippen molar-refractivity contribution in [2.75, 3.05) is 17.1 Å². The SMILES string of the molecule is Cc1cc(C)cc(N(CC(=O)N/N=C\c2c3ccccc3cc3ccccc23)S(C)(=O)=O)c1. The minimum Gasteiger partial charge on any atom is -0.271 e. The lowest BCUT2D eigenvalue weighted by molar-refractivity contribution is -0.119. The summed E-state index contributed by atoms with van der Waals surface area (Å²) >= 11 is 0. The Kier molecular flexibility index (Phi) is 6.16. The summed E-state index contributed by atoms with van der Waals surface area (Å²) in [6, 6.07) is 23.5. The summed E-state index contributed by atoms with van der Waals surface area (Å²) in [5.41, 5.74) is 5.66. The number of carbonyl (C=O) groups is 1. The largest absolute Gasteiger partial charge is 0.271 e. The molecule has 0 saturated heterocycles. The number of nitrogens with zero attached hydrogens (tertiary/aromatic N) is 2. The van der Waals surface area contributed by atoms with Crippen molar-refractivity contribution in [1.29, 1.82) is 0 Å². The van der Waals surface area contributed by atoms with Crippen LogP contribution in [0.2, 0.25) is 0 Å². The Bertz CT molecular complexity index is 1420. The topological polar surface area (TPSA) is 78.8 Å². The first-order chi connectivity index (χ1) is 15.7. The molecular weight excluding hydrogens is 434 g/mol. The minimum atomic E-state index is -3.66. The third kappa shape index (κ3) is 5.04. The normalized spacial score (nSPS) is 11.8. The molecule has 4 aromatic carbocycles. The van der Waals surface area contributed by atoms with Gasteiger partial charge in [0.2, 0.25) is 10.0 Å². The van der Waals surface area contributed by atoms with Crippen LogP contribution in [-0.2, 0) is 14.8 Å². The number of carbonyl (C=O) groups excluding carboxylic acids is 1. The number of hydrogen-bond donors (Lipinski definition) is 1. The lowest BCUT2D eigenvalue weighted by atomic mass is 9.97. The van der Waals surface area contributed by atoms with Gasteiger partial charge in [-0.05, 0) is 64.7 Å². The number of aryl methyl sites for hydroxylation is 2. The number of sulfonamides is 1. The van der Waals surface area contributed by atoms with Crippen molar-refractivity contribution in [3.63, 3.8) is 0 Å². The maximum atomic E-state index is 12.6. The molecule has 168 valence electrons. The van der Waals surface area contributed by atoms with Crippen LogP contribution in [0.3, 0.4) is 0 Å². The highest BCUT2D eigenvalue weighted by Crippen LogP contribution is 2.27. The average molecular weight is 460 g/mol. The Labute approximate surface area is 193 Å². The molecular formula is C26H25N3O3S. The van der Waals surface area contributed by atoms with Crippen LogP contribution >= 0.6 is 0 Å². The van der Waals surface area contributed by atoms with Crippen LogP contribution < -0.4 is 9.73 Å². The van der Waals surface area contributed by atoms with Gasteiger partial charge in [0, 0.05) is 5.56 Å². The van der Waals surface area contributed by atoms with E-state index in [-0.39, 0.29) is 6.54 Å². The molecule has 0 unspecified atom stereocenters. The second kappa shape index (κ2) is 9.03. The van der Waals surface area contributed by atoms with E-state index in [9.17, 15) is 13.2 Å². The van der Waals surface area contributed by atoms with E-state index in [4.69, 9.17) is 0 Å². The van der Waals surface area contributed by atoms with Gasteiger partial charge in [-0.2, -0.15) is 5.10 Å². The summed E-state index contributed by atoms with van der Waals surface area (Å²) < 4.78 is 25.9. The van der Waals surface area contributed by atoms with Crippen molar-refractivity contribution in [1.82, 2.24) is 5.43 Å². The maximum Gasteiger partial charge on any atom is 0.260 e. The van der Waals surface area contributed by atoms with Gasteiger partial charge in [-0.3, -0.25) is 9.10 Å². The fraction of sp³-hybridized carbons (Fsp3) is 0.154. The molecule has 0 saturated carbocycles. The predicted molar refractivity (Wildman–Crippen MR) is 135 cm³/mol. The minimum absolute atomic E-state index is 0.366. The lowest BCUT2D eigenvalue weighted by Crippen LogP contribution is -2.39. The summed E-state index contributed by atoms with van der Waals surface area (Å²) in [6.07, 6.45) is 2.70. The average Bonchev–Trinajstić information content (AvgIpc) is 2.75. The summed E-state index contributed by atoms with van der Waals surface area (Å²) in [5.74, 6) is -0.527. The molecule has 33 heavy (non-hydrogen) atoms. The molecule has 0 bridgehead atoms. The number of anilines is 1. The summed E-state index contributed by atoms with van der Waals surface area (Å²) in [6.45, 7) is 3.40. The van der Waals surface area contributed by atoms with Crippen LogP contribution in [0.4, 0.5) is 5.69 Å². The van der Waals surface area contributed by atoms with Crippen molar-refractivity contribution < 1.29 is 13.2 Å². The molecule has 0 aliphatic heterocycles. The maximum absolute atomic E-state index is 12.6. The Hall–Kier alpha value is -3.71. The van der Waals surface area contributed by atoms with Crippen molar-refractivity contribution in [3.8, 4) is 0 Å². The lowest BCUT2D eigenvalue weighted by Gasteiger charge is -2.22. The number of amides is 1. The fourth-order valence-corrected chi connectivity index (χ4v) is 4.86. The smallest absolute Gasteiger partial charge is 0.260 e. The molecule has 7 heteroatoms. The van der Waals surface area contributed by atoms with Crippen LogP contribution in [0, 0.1) is 13.8 Å². The zero-order chi connectivity index (χ0) is 23.6. The summed E-state index contributed by atoms with van der Waals surface area (Å²) in [4.78, 5) is 12.6. The van der Waals surface area contributed by atoms with Gasteiger partial charge in [0.1, 0.15) is 6.54 Å². The van der Waals surface area contributed by atoms with Crippen LogP contribution in [0.5, 0.6) is 0 Å². The molecule has 0 fully saturated rings. The van der Waals surface area contributed by atoms with E-state index in [1.54, 1.807) is 18.3 Å². The van der Waals surface area contributed by atoms with E-state index in [0.29, 0.717) is 5.69 Å². The molecule has 0 spiro atoms. The van der Waals surface area contributed by atoms with E-state index in [2.05, 4.69) is 16.6 Å². The second-order valence-corrected chi connectivity index (χ2v) is 10.0. The Morgan fingerprint density at radius 3 is 2.00 bits per heavy atom. The Morgan fingerprint density at radius 1 is 0.909 bits per heavy atom. The number of nitrogens with one attached hydrogen (secondary N) is 1. The zero-order valence-corrected chi connectivity index (χ0v) is 19.6. The molecule has 0 aromatic heterocycles. The first-order valence-corrected chi connectivity index (χ1v) is 12.4. The van der Waals surface area contributed by atoms with Gasteiger partial charge in [0.05, 0.1) is 18.2 Å². The number of benzene rings is 4. The van der Waals surface area contributed by atoms with Gasteiger partial charge >= 0.3 is 0 Å². The highest BCUT2D eigenvalue weighted by Gasteiger charge is 2.21. The van der Waals surface area contributed by atoms with Crippen molar-refractivity contribution >= 4 is 49.4 Å². The highest BCUT2D eigenvalue weighted by molar-refractivity contribution is 7.92. The predicted octanol–water partition coefficient (Wildman–Crippen LogP) is 4.53. The van der Waals surface area contributed by atoms with E-state index >= 15 is 0 Å². The first-order valence-electron chi connectivity index (χ1n) is 10.5. The van der Waals surface area contributed by atoms with E-state index < -0.39 is 15.9 Å². The molecule has 0 heterocycles. The number of hydrogen-bond acceptors (Lipinski definition) is 4. The number of fused-ring (bicyclic) bond motifs is 2. The van der Waals surface area contributed by atoms with Crippen molar-refractivity contribution in [2.45, 2.75) is 13.8 Å². The van der Waals surface area contributed by atoms with Crippen molar-refractivity contribution in [2.24, 2.45) is 5.10 Å². The van der Waals surface area contributed by atoms with Gasteiger partial charge in [-0.25, -0.2) is 13.8 Å². The Balaban J connectivity index is 1.60. The molecule has 4 aromatic rings. The molecule has 1 amide bonds. The van der Waals surface area contributed by atoms with Crippen molar-refractivity contribution in [3.05, 3.63) is 89.5 Å². The van der Waals surface area contributed by atoms with Crippen LogP contribution in [0.25, 0.3) is 21.5 Å². The molecule has 6 nitrogen and oxygen atoms in total. The van der Waals surface area contributed by atoms with Gasteiger partial charge in [0.15, 0.2) is 0 Å².